The smallest absolute Gasteiger partial charge is 0.239 e. The molecule has 0 unspecified atom stereocenters. The van der Waals surface area contributed by atoms with Crippen LogP contribution >= 0.6 is 0 Å². The van der Waals surface area contributed by atoms with Gasteiger partial charge in [-0.1, -0.05) is 95.8 Å². The number of hydrogen-bond donors (Lipinski definition) is 0. The molecule has 257 valence electrons. The van der Waals surface area contributed by atoms with E-state index in [9.17, 15) is 0 Å². The third-order valence-corrected chi connectivity index (χ3v) is 9.92. The molecule has 0 atom stereocenters. The van der Waals surface area contributed by atoms with E-state index in [0.717, 1.165) is 67.5 Å². The zero-order valence-electron chi connectivity index (χ0n) is 30.1. The number of fused-ring (bicyclic) bond motifs is 4. The fourth-order valence-corrected chi connectivity index (χ4v) is 7.04. The molecule has 1 radical (unpaired) electrons. The van der Waals surface area contributed by atoms with Crippen molar-refractivity contribution in [1.29, 1.82) is 0 Å². The first-order chi connectivity index (χ1) is 24.7. The van der Waals surface area contributed by atoms with Crippen LogP contribution in [0.3, 0.4) is 0 Å². The van der Waals surface area contributed by atoms with Crippen molar-refractivity contribution in [3.8, 4) is 56.6 Å². The van der Waals surface area contributed by atoms with Gasteiger partial charge in [0.1, 0.15) is 11.5 Å². The van der Waals surface area contributed by atoms with Crippen molar-refractivity contribution < 1.29 is 29.6 Å². The van der Waals surface area contributed by atoms with E-state index in [4.69, 9.17) is 14.5 Å². The second-order valence-electron chi connectivity index (χ2n) is 13.6. The maximum absolute atomic E-state index is 6.56. The van der Waals surface area contributed by atoms with Crippen LogP contribution < -0.4 is 25.9 Å². The summed E-state index contributed by atoms with van der Waals surface area (Å²) in [6.45, 7) is 12.7. The van der Waals surface area contributed by atoms with Crippen molar-refractivity contribution in [2.45, 2.75) is 41.5 Å². The van der Waals surface area contributed by atoms with Crippen molar-refractivity contribution in [3.05, 3.63) is 161 Å². The molecular weight excluding hydrogens is 816 g/mol. The van der Waals surface area contributed by atoms with Gasteiger partial charge in [0.2, 0.25) is 6.71 Å². The summed E-state index contributed by atoms with van der Waals surface area (Å²) in [6, 6.07) is 42.1. The van der Waals surface area contributed by atoms with Crippen LogP contribution in [-0.2, 0) is 20.1 Å². The Morgan fingerprint density at radius 2 is 1.19 bits per heavy atom. The molecule has 0 N–H and O–H groups in total. The Morgan fingerprint density at radius 1 is 0.538 bits per heavy atom. The minimum Gasteiger partial charge on any atom is -0.503 e. The predicted molar refractivity (Wildman–Crippen MR) is 209 cm³/mol. The van der Waals surface area contributed by atoms with Crippen molar-refractivity contribution in [2.75, 3.05) is 0 Å². The van der Waals surface area contributed by atoms with Gasteiger partial charge in [-0.15, -0.1) is 47.5 Å². The van der Waals surface area contributed by atoms with Crippen LogP contribution in [0.4, 0.5) is 0 Å². The Bertz CT molecular complexity index is 2450. The third kappa shape index (κ3) is 6.49. The first kappa shape index (κ1) is 35.1. The van der Waals surface area contributed by atoms with E-state index in [0.29, 0.717) is 0 Å². The molecule has 0 aliphatic carbocycles. The van der Waals surface area contributed by atoms with Gasteiger partial charge < -0.3 is 19.4 Å². The number of nitrogens with zero attached hydrogens (tertiary/aromatic N) is 2. The van der Waals surface area contributed by atoms with E-state index < -0.39 is 0 Å². The largest absolute Gasteiger partial charge is 0.503 e. The van der Waals surface area contributed by atoms with Gasteiger partial charge in [0, 0.05) is 49.6 Å². The molecule has 0 saturated heterocycles. The summed E-state index contributed by atoms with van der Waals surface area (Å²) >= 11 is 0. The van der Waals surface area contributed by atoms with Gasteiger partial charge in [-0.2, -0.15) is 0 Å². The molecular formula is C46H37BIrN2O2-2. The summed E-state index contributed by atoms with van der Waals surface area (Å²) in [5.41, 5.74) is 16.8. The van der Waals surface area contributed by atoms with Gasteiger partial charge in [0.15, 0.2) is 0 Å². The SMILES string of the molecule is Cc1c[c-]c(-c2cc(C)c(C)cn2)cc1.Cc1ccc(-c2cnc(-c3[c-]cc4c5c3Oc3ccccc3B5c3ccccc3O4)cc2C)c(C)c1.[Ir]. The van der Waals surface area contributed by atoms with Crippen LogP contribution in [0.25, 0.3) is 33.6 Å². The molecule has 4 heterocycles. The van der Waals surface area contributed by atoms with Crippen LogP contribution in [0.5, 0.6) is 23.0 Å². The number of benzene rings is 5. The van der Waals surface area contributed by atoms with E-state index in [1.54, 1.807) is 0 Å². The molecule has 7 aromatic rings. The number of para-hydroxylation sites is 2. The summed E-state index contributed by atoms with van der Waals surface area (Å²) in [7, 11) is 0. The Morgan fingerprint density at radius 3 is 1.87 bits per heavy atom. The first-order valence-electron chi connectivity index (χ1n) is 17.3. The Balaban J connectivity index is 0.000000222. The second kappa shape index (κ2) is 14.4. The quantitative estimate of drug-likeness (QED) is 0.131. The Kier molecular flexibility index (Phi) is 9.72. The molecule has 52 heavy (non-hydrogen) atoms. The Hall–Kier alpha value is -5.29. The minimum atomic E-state index is 0. The van der Waals surface area contributed by atoms with Crippen molar-refractivity contribution >= 4 is 23.1 Å². The molecule has 2 aromatic heterocycles. The van der Waals surface area contributed by atoms with E-state index in [1.807, 2.05) is 48.8 Å². The van der Waals surface area contributed by atoms with Gasteiger partial charge >= 0.3 is 0 Å². The topological polar surface area (TPSA) is 44.2 Å². The zero-order chi connectivity index (χ0) is 35.2. The fourth-order valence-electron chi connectivity index (χ4n) is 7.04. The molecule has 0 saturated carbocycles. The molecule has 0 spiro atoms. The van der Waals surface area contributed by atoms with Crippen molar-refractivity contribution in [3.63, 3.8) is 0 Å². The summed E-state index contributed by atoms with van der Waals surface area (Å²) in [5.74, 6) is 3.31. The van der Waals surface area contributed by atoms with E-state index in [-0.39, 0.29) is 26.8 Å². The van der Waals surface area contributed by atoms with Gasteiger partial charge in [0.25, 0.3) is 0 Å². The molecule has 0 bridgehead atoms. The maximum atomic E-state index is 6.56. The number of pyridine rings is 2. The van der Waals surface area contributed by atoms with Crippen LogP contribution in [0, 0.1) is 53.7 Å². The molecule has 2 aliphatic rings. The molecule has 9 rings (SSSR count). The molecule has 4 nitrogen and oxygen atoms in total. The molecule has 6 heteroatoms. The monoisotopic (exact) mass is 853 g/mol. The van der Waals surface area contributed by atoms with Crippen molar-refractivity contribution in [1.82, 2.24) is 9.97 Å². The standard InChI is InChI=1S/C32H23BNO2.C14H14N.Ir/c1-19-12-13-22(20(2)16-19)24-18-34-27(17-21(24)3)23-14-15-30-31-32(23)36-29-11-7-5-9-26(29)33(31)25-8-4-6-10-28(25)35-30;1-10-4-6-13(7-5-10)14-8-11(2)12(3)9-15-14;/h4-13,15-18H,1-3H3;4-6,8-9H,1-3H3;/q2*-1;. The van der Waals surface area contributed by atoms with Crippen LogP contribution in [0.1, 0.15) is 33.4 Å². The average molecular weight is 853 g/mol. The zero-order valence-corrected chi connectivity index (χ0v) is 32.5. The average Bonchev–Trinajstić information content (AvgIpc) is 3.13. The van der Waals surface area contributed by atoms with Crippen molar-refractivity contribution in [2.24, 2.45) is 0 Å². The third-order valence-electron chi connectivity index (χ3n) is 9.92. The number of aromatic nitrogens is 2. The summed E-state index contributed by atoms with van der Waals surface area (Å²) < 4.78 is 12.9. The summed E-state index contributed by atoms with van der Waals surface area (Å²) in [4.78, 5) is 9.31. The summed E-state index contributed by atoms with van der Waals surface area (Å²) in [6.07, 6.45) is 3.89. The first-order valence-corrected chi connectivity index (χ1v) is 17.3. The van der Waals surface area contributed by atoms with Crippen LogP contribution in [0.2, 0.25) is 0 Å². The van der Waals surface area contributed by atoms with E-state index in [1.165, 1.54) is 38.9 Å². The van der Waals surface area contributed by atoms with E-state index >= 15 is 0 Å². The van der Waals surface area contributed by atoms with Gasteiger partial charge in [-0.05, 0) is 91.3 Å². The second-order valence-corrected chi connectivity index (χ2v) is 13.6. The fraction of sp³-hybridized carbons (Fsp3) is 0.130. The Labute approximate surface area is 320 Å². The van der Waals surface area contributed by atoms with Gasteiger partial charge in [-0.3, -0.25) is 0 Å². The number of rotatable bonds is 3. The molecule has 2 aliphatic heterocycles. The predicted octanol–water partition coefficient (Wildman–Crippen LogP) is 9.34. The minimum absolute atomic E-state index is 0. The number of aryl methyl sites for hydroxylation is 6. The van der Waals surface area contributed by atoms with E-state index in [2.05, 4.69) is 125 Å². The normalized spacial score (nSPS) is 11.8. The van der Waals surface area contributed by atoms with Gasteiger partial charge in [0.05, 0.1) is 0 Å². The maximum Gasteiger partial charge on any atom is 0.239 e. The number of hydrogen-bond acceptors (Lipinski definition) is 4. The van der Waals surface area contributed by atoms with Crippen LogP contribution in [-0.4, -0.2) is 16.7 Å². The molecule has 0 fully saturated rings. The van der Waals surface area contributed by atoms with Gasteiger partial charge in [-0.25, -0.2) is 0 Å². The summed E-state index contributed by atoms with van der Waals surface area (Å²) in [5, 5.41) is 0. The molecule has 5 aromatic carbocycles. The number of ether oxygens (including phenoxy) is 2. The molecule has 0 amide bonds. The van der Waals surface area contributed by atoms with Crippen LogP contribution in [0.15, 0.2) is 116 Å².